The lowest BCUT2D eigenvalue weighted by Gasteiger charge is -2.13. The van der Waals surface area contributed by atoms with Crippen molar-refractivity contribution in [1.29, 1.82) is 0 Å². The number of aliphatic carboxylic acids is 1. The molecule has 6 nitrogen and oxygen atoms in total. The number of ether oxygens (including phenoxy) is 2. The third kappa shape index (κ3) is 3.37. The van der Waals surface area contributed by atoms with Crippen LogP contribution in [0.5, 0.6) is 17.6 Å². The van der Waals surface area contributed by atoms with Crippen LogP contribution in [0, 0.1) is 0 Å². The van der Waals surface area contributed by atoms with E-state index < -0.39 is 12.1 Å². The van der Waals surface area contributed by atoms with Crippen molar-refractivity contribution in [3.63, 3.8) is 0 Å². The molecule has 1 aromatic heterocycles. The molecule has 3 aromatic rings. The number of hydrogen-bond donors (Lipinski definition) is 1. The van der Waals surface area contributed by atoms with Gasteiger partial charge >= 0.3 is 12.0 Å². The third-order valence-electron chi connectivity index (χ3n) is 3.03. The Bertz CT molecular complexity index is 828. The van der Waals surface area contributed by atoms with E-state index in [9.17, 15) is 4.79 Å². The van der Waals surface area contributed by atoms with Crippen molar-refractivity contribution in [2.45, 2.75) is 13.0 Å². The van der Waals surface area contributed by atoms with Gasteiger partial charge in [0.05, 0.1) is 0 Å². The molecule has 0 fully saturated rings. The lowest BCUT2D eigenvalue weighted by molar-refractivity contribution is -0.144. The minimum Gasteiger partial charge on any atom is -0.479 e. The van der Waals surface area contributed by atoms with Crippen LogP contribution in [0.2, 0.25) is 5.02 Å². The second kappa shape index (κ2) is 6.18. The van der Waals surface area contributed by atoms with Crippen LogP contribution in [0.4, 0.5) is 0 Å². The first-order valence-electron chi connectivity index (χ1n) is 6.75. The van der Waals surface area contributed by atoms with Crippen LogP contribution in [0.25, 0.3) is 11.1 Å². The summed E-state index contributed by atoms with van der Waals surface area (Å²) >= 11 is 5.96. The smallest absolute Gasteiger partial charge is 0.400 e. The quantitative estimate of drug-likeness (QED) is 0.756. The second-order valence-electron chi connectivity index (χ2n) is 4.74. The fraction of sp³-hybridized carbons (Fsp3) is 0.125. The predicted molar refractivity (Wildman–Crippen MR) is 83.3 cm³/mol. The van der Waals surface area contributed by atoms with Gasteiger partial charge in [-0.3, -0.25) is 0 Å². The van der Waals surface area contributed by atoms with Gasteiger partial charge < -0.3 is 19.0 Å². The van der Waals surface area contributed by atoms with Crippen molar-refractivity contribution in [3.05, 3.63) is 47.5 Å². The summed E-state index contributed by atoms with van der Waals surface area (Å²) in [6, 6.07) is 11.8. The molecule has 1 unspecified atom stereocenters. The van der Waals surface area contributed by atoms with Crippen LogP contribution in [0.3, 0.4) is 0 Å². The SMILES string of the molecule is CC(Oc1ccc(Cl)cc1Oc1nc2ccccc2o1)C(=O)O. The fourth-order valence-corrected chi connectivity index (χ4v) is 2.05. The van der Waals surface area contributed by atoms with Gasteiger partial charge in [-0.05, 0) is 31.2 Å². The minimum absolute atomic E-state index is 0.0151. The molecule has 0 aliphatic carbocycles. The molecule has 0 amide bonds. The molecular weight excluding hydrogens is 322 g/mol. The van der Waals surface area contributed by atoms with Gasteiger partial charge in [0, 0.05) is 11.1 Å². The number of benzene rings is 2. The second-order valence-corrected chi connectivity index (χ2v) is 5.18. The highest BCUT2D eigenvalue weighted by Crippen LogP contribution is 2.35. The van der Waals surface area contributed by atoms with Gasteiger partial charge in [-0.1, -0.05) is 23.7 Å². The van der Waals surface area contributed by atoms with Gasteiger partial charge in [0.15, 0.2) is 23.2 Å². The van der Waals surface area contributed by atoms with Crippen molar-refractivity contribution in [1.82, 2.24) is 4.98 Å². The molecule has 0 spiro atoms. The van der Waals surface area contributed by atoms with Gasteiger partial charge in [0.25, 0.3) is 0 Å². The van der Waals surface area contributed by atoms with Gasteiger partial charge in [0.2, 0.25) is 0 Å². The van der Waals surface area contributed by atoms with E-state index in [2.05, 4.69) is 4.98 Å². The van der Waals surface area contributed by atoms with Crippen molar-refractivity contribution in [2.24, 2.45) is 0 Å². The molecule has 0 saturated carbocycles. The Labute approximate surface area is 136 Å². The van der Waals surface area contributed by atoms with E-state index in [4.69, 9.17) is 30.6 Å². The number of oxazole rings is 1. The molecular formula is C16H12ClNO5. The molecule has 0 radical (unpaired) electrons. The lowest BCUT2D eigenvalue weighted by Crippen LogP contribution is -2.23. The fourth-order valence-electron chi connectivity index (χ4n) is 1.89. The van der Waals surface area contributed by atoms with E-state index in [1.54, 1.807) is 18.2 Å². The number of fused-ring (bicyclic) bond motifs is 1. The van der Waals surface area contributed by atoms with Crippen molar-refractivity contribution >= 4 is 28.7 Å². The van der Waals surface area contributed by atoms with E-state index >= 15 is 0 Å². The summed E-state index contributed by atoms with van der Waals surface area (Å²) in [5.74, 6) is -0.642. The summed E-state index contributed by atoms with van der Waals surface area (Å²) in [5, 5.41) is 9.36. The van der Waals surface area contributed by atoms with Gasteiger partial charge in [0.1, 0.15) is 5.52 Å². The van der Waals surface area contributed by atoms with Crippen LogP contribution < -0.4 is 9.47 Å². The highest BCUT2D eigenvalue weighted by atomic mass is 35.5. The minimum atomic E-state index is -1.09. The molecule has 0 aliphatic rings. The Morgan fingerprint density at radius 2 is 2.04 bits per heavy atom. The van der Waals surface area contributed by atoms with E-state index in [1.807, 2.05) is 12.1 Å². The number of carbonyl (C=O) groups is 1. The van der Waals surface area contributed by atoms with E-state index in [1.165, 1.54) is 19.1 Å². The first-order chi connectivity index (χ1) is 11.0. The Balaban J connectivity index is 1.91. The molecule has 23 heavy (non-hydrogen) atoms. The first-order valence-corrected chi connectivity index (χ1v) is 7.13. The number of nitrogens with zero attached hydrogens (tertiary/aromatic N) is 1. The molecule has 0 bridgehead atoms. The van der Waals surface area contributed by atoms with Crippen LogP contribution in [-0.4, -0.2) is 22.2 Å². The summed E-state index contributed by atoms with van der Waals surface area (Å²) in [6.45, 7) is 1.42. The zero-order valence-corrected chi connectivity index (χ0v) is 12.8. The van der Waals surface area contributed by atoms with Crippen molar-refractivity contribution in [2.75, 3.05) is 0 Å². The highest BCUT2D eigenvalue weighted by molar-refractivity contribution is 6.30. The Morgan fingerprint density at radius 1 is 1.26 bits per heavy atom. The molecule has 1 heterocycles. The van der Waals surface area contributed by atoms with Crippen molar-refractivity contribution < 1.29 is 23.8 Å². The average Bonchev–Trinajstić information content (AvgIpc) is 2.92. The van der Waals surface area contributed by atoms with Crippen LogP contribution >= 0.6 is 11.6 Å². The molecule has 2 aromatic carbocycles. The van der Waals surface area contributed by atoms with Gasteiger partial charge in [-0.15, -0.1) is 0 Å². The molecule has 1 N–H and O–H groups in total. The monoisotopic (exact) mass is 333 g/mol. The zero-order valence-electron chi connectivity index (χ0n) is 12.0. The topological polar surface area (TPSA) is 81.8 Å². The standard InChI is InChI=1S/C16H12ClNO5/c1-9(15(19)20)21-13-7-6-10(17)8-14(13)23-16-18-11-4-2-3-5-12(11)22-16/h2-9H,1H3,(H,19,20). The average molecular weight is 334 g/mol. The Hall–Kier alpha value is -2.73. The molecule has 3 rings (SSSR count). The summed E-state index contributed by atoms with van der Waals surface area (Å²) in [4.78, 5) is 15.1. The summed E-state index contributed by atoms with van der Waals surface area (Å²) in [6.07, 6.45) is -1.02. The van der Waals surface area contributed by atoms with E-state index in [0.717, 1.165) is 0 Å². The van der Waals surface area contributed by atoms with Gasteiger partial charge in [-0.2, -0.15) is 4.98 Å². The molecule has 118 valence electrons. The number of hydrogen-bond acceptors (Lipinski definition) is 5. The number of carboxylic acid groups (broad SMARTS) is 1. The maximum Gasteiger partial charge on any atom is 0.400 e. The lowest BCUT2D eigenvalue weighted by atomic mass is 10.3. The Kier molecular flexibility index (Phi) is 4.08. The third-order valence-corrected chi connectivity index (χ3v) is 3.26. The van der Waals surface area contributed by atoms with Crippen LogP contribution in [0.1, 0.15) is 6.92 Å². The zero-order chi connectivity index (χ0) is 16.4. The molecule has 0 aliphatic heterocycles. The first kappa shape index (κ1) is 15.2. The molecule has 0 saturated heterocycles. The Morgan fingerprint density at radius 3 is 2.78 bits per heavy atom. The number of halogens is 1. The highest BCUT2D eigenvalue weighted by Gasteiger charge is 2.18. The van der Waals surface area contributed by atoms with E-state index in [0.29, 0.717) is 16.1 Å². The van der Waals surface area contributed by atoms with Crippen LogP contribution in [0.15, 0.2) is 46.9 Å². The van der Waals surface area contributed by atoms with E-state index in [-0.39, 0.29) is 17.6 Å². The maximum absolute atomic E-state index is 10.9. The van der Waals surface area contributed by atoms with Gasteiger partial charge in [-0.25, -0.2) is 4.79 Å². The number of carboxylic acids is 1. The molecule has 1 atom stereocenters. The maximum atomic E-state index is 10.9. The summed E-state index contributed by atoms with van der Waals surface area (Å²) < 4.78 is 16.4. The number of aromatic nitrogens is 1. The summed E-state index contributed by atoms with van der Waals surface area (Å²) in [5.41, 5.74) is 1.22. The molecule has 7 heteroatoms. The number of rotatable bonds is 5. The predicted octanol–water partition coefficient (Wildman–Crippen LogP) is 4.13. The largest absolute Gasteiger partial charge is 0.479 e. The van der Waals surface area contributed by atoms with Crippen molar-refractivity contribution in [3.8, 4) is 17.6 Å². The summed E-state index contributed by atoms with van der Waals surface area (Å²) in [7, 11) is 0. The van der Waals surface area contributed by atoms with Crippen LogP contribution in [-0.2, 0) is 4.79 Å². The number of para-hydroxylation sites is 2. The normalized spacial score (nSPS) is 12.1.